The predicted octanol–water partition coefficient (Wildman–Crippen LogP) is 4.67. The number of Topliss-reactive ketones (excluding diaryl/α,β-unsaturated/α-hetero) is 1. The van der Waals surface area contributed by atoms with Gasteiger partial charge in [-0.3, -0.25) is 4.79 Å². The lowest BCUT2D eigenvalue weighted by molar-refractivity contribution is 0.0927. The van der Waals surface area contributed by atoms with Crippen LogP contribution in [0.15, 0.2) is 67.3 Å². The molecule has 0 unspecified atom stereocenters. The summed E-state index contributed by atoms with van der Waals surface area (Å²) in [4.78, 5) is 12.7. The standard InChI is InChI=1S/C17H15ClO/c1-3-17(2,14-9-11-15(18)12-10-14)16(19)13-7-5-4-6-8-13/h3-12H,1H2,2H3/t17-/m1/s1. The number of ketones is 1. The van der Waals surface area contributed by atoms with Crippen LogP contribution >= 0.6 is 11.6 Å². The fourth-order valence-electron chi connectivity index (χ4n) is 2.03. The number of rotatable bonds is 4. The molecule has 2 aromatic carbocycles. The van der Waals surface area contributed by atoms with E-state index in [4.69, 9.17) is 11.6 Å². The number of hydrogen-bond acceptors (Lipinski definition) is 1. The van der Waals surface area contributed by atoms with E-state index < -0.39 is 5.41 Å². The third-order valence-electron chi connectivity index (χ3n) is 3.36. The maximum absolute atomic E-state index is 12.7. The molecule has 0 spiro atoms. The van der Waals surface area contributed by atoms with E-state index in [0.717, 1.165) is 5.56 Å². The highest BCUT2D eigenvalue weighted by Gasteiger charge is 2.32. The van der Waals surface area contributed by atoms with Gasteiger partial charge in [0, 0.05) is 10.6 Å². The van der Waals surface area contributed by atoms with Crippen molar-refractivity contribution >= 4 is 17.4 Å². The van der Waals surface area contributed by atoms with Gasteiger partial charge in [0.05, 0.1) is 5.41 Å². The van der Waals surface area contributed by atoms with E-state index in [1.807, 2.05) is 49.4 Å². The first-order valence-electron chi connectivity index (χ1n) is 6.07. The predicted molar refractivity (Wildman–Crippen MR) is 79.8 cm³/mol. The van der Waals surface area contributed by atoms with Crippen LogP contribution in [0, 0.1) is 0 Å². The molecule has 2 aromatic rings. The summed E-state index contributed by atoms with van der Waals surface area (Å²) in [6.07, 6.45) is 1.69. The number of benzene rings is 2. The third kappa shape index (κ3) is 2.61. The van der Waals surface area contributed by atoms with Crippen LogP contribution in [-0.2, 0) is 5.41 Å². The van der Waals surface area contributed by atoms with E-state index in [9.17, 15) is 4.79 Å². The zero-order valence-electron chi connectivity index (χ0n) is 10.8. The molecule has 0 fully saturated rings. The molecule has 2 rings (SSSR count). The molecule has 1 atom stereocenters. The van der Waals surface area contributed by atoms with Crippen molar-refractivity contribution in [3.05, 3.63) is 83.4 Å². The zero-order chi connectivity index (χ0) is 13.9. The van der Waals surface area contributed by atoms with Gasteiger partial charge in [-0.05, 0) is 24.6 Å². The fourth-order valence-corrected chi connectivity index (χ4v) is 2.15. The molecule has 0 aliphatic carbocycles. The largest absolute Gasteiger partial charge is 0.293 e. The Morgan fingerprint density at radius 1 is 1.11 bits per heavy atom. The Labute approximate surface area is 118 Å². The van der Waals surface area contributed by atoms with E-state index in [1.54, 1.807) is 18.2 Å². The van der Waals surface area contributed by atoms with Crippen molar-refractivity contribution in [2.45, 2.75) is 12.3 Å². The zero-order valence-corrected chi connectivity index (χ0v) is 11.5. The second kappa shape index (κ2) is 5.41. The van der Waals surface area contributed by atoms with Crippen LogP contribution in [0.1, 0.15) is 22.8 Å². The minimum Gasteiger partial charge on any atom is -0.293 e. The van der Waals surface area contributed by atoms with Crippen molar-refractivity contribution in [3.63, 3.8) is 0 Å². The smallest absolute Gasteiger partial charge is 0.176 e. The molecule has 0 aliphatic heterocycles. The van der Waals surface area contributed by atoms with Gasteiger partial charge in [-0.25, -0.2) is 0 Å². The normalized spacial score (nSPS) is 13.6. The molecule has 0 N–H and O–H groups in total. The molecular weight excluding hydrogens is 256 g/mol. The molecular formula is C17H15ClO. The van der Waals surface area contributed by atoms with Gasteiger partial charge in [0.25, 0.3) is 0 Å². The summed E-state index contributed by atoms with van der Waals surface area (Å²) < 4.78 is 0. The van der Waals surface area contributed by atoms with Crippen LogP contribution in [-0.4, -0.2) is 5.78 Å². The summed E-state index contributed by atoms with van der Waals surface area (Å²) in [6, 6.07) is 16.6. The maximum atomic E-state index is 12.7. The van der Waals surface area contributed by atoms with Crippen molar-refractivity contribution in [1.29, 1.82) is 0 Å². The highest BCUT2D eigenvalue weighted by Crippen LogP contribution is 2.30. The van der Waals surface area contributed by atoms with Crippen LogP contribution in [0.5, 0.6) is 0 Å². The second-order valence-corrected chi connectivity index (χ2v) is 5.04. The molecule has 19 heavy (non-hydrogen) atoms. The van der Waals surface area contributed by atoms with Gasteiger partial charge in [0.15, 0.2) is 5.78 Å². The Hall–Kier alpha value is -1.86. The molecule has 0 aromatic heterocycles. The molecule has 0 saturated carbocycles. The first-order valence-corrected chi connectivity index (χ1v) is 6.45. The van der Waals surface area contributed by atoms with Gasteiger partial charge in [-0.15, -0.1) is 6.58 Å². The highest BCUT2D eigenvalue weighted by molar-refractivity contribution is 6.30. The lowest BCUT2D eigenvalue weighted by Gasteiger charge is -2.25. The third-order valence-corrected chi connectivity index (χ3v) is 3.61. The minimum atomic E-state index is -0.744. The first-order chi connectivity index (χ1) is 9.08. The lowest BCUT2D eigenvalue weighted by atomic mass is 9.76. The van der Waals surface area contributed by atoms with Crippen molar-refractivity contribution in [3.8, 4) is 0 Å². The fraction of sp³-hybridized carbons (Fsp3) is 0.118. The molecule has 0 bridgehead atoms. The van der Waals surface area contributed by atoms with E-state index in [2.05, 4.69) is 6.58 Å². The Balaban J connectivity index is 2.46. The van der Waals surface area contributed by atoms with Crippen LogP contribution in [0.4, 0.5) is 0 Å². The molecule has 0 amide bonds. The number of hydrogen-bond donors (Lipinski definition) is 0. The molecule has 96 valence electrons. The van der Waals surface area contributed by atoms with Crippen LogP contribution in [0.3, 0.4) is 0 Å². The van der Waals surface area contributed by atoms with Gasteiger partial charge < -0.3 is 0 Å². The quantitative estimate of drug-likeness (QED) is 0.583. The molecule has 2 heteroatoms. The monoisotopic (exact) mass is 270 g/mol. The number of allylic oxidation sites excluding steroid dienone is 1. The van der Waals surface area contributed by atoms with Crippen LogP contribution in [0.25, 0.3) is 0 Å². The molecule has 0 radical (unpaired) electrons. The van der Waals surface area contributed by atoms with Crippen molar-refractivity contribution in [1.82, 2.24) is 0 Å². The van der Waals surface area contributed by atoms with Gasteiger partial charge in [0.2, 0.25) is 0 Å². The Morgan fingerprint density at radius 3 is 2.21 bits per heavy atom. The van der Waals surface area contributed by atoms with Gasteiger partial charge in [-0.1, -0.05) is 60.1 Å². The Morgan fingerprint density at radius 2 is 1.68 bits per heavy atom. The van der Waals surface area contributed by atoms with Crippen LogP contribution < -0.4 is 0 Å². The molecule has 0 heterocycles. The average molecular weight is 271 g/mol. The van der Waals surface area contributed by atoms with Crippen molar-refractivity contribution in [2.24, 2.45) is 0 Å². The van der Waals surface area contributed by atoms with E-state index in [1.165, 1.54) is 0 Å². The SMILES string of the molecule is C=C[C@@](C)(C(=O)c1ccccc1)c1ccc(Cl)cc1. The summed E-state index contributed by atoms with van der Waals surface area (Å²) >= 11 is 5.89. The number of halogens is 1. The Kier molecular flexibility index (Phi) is 3.87. The minimum absolute atomic E-state index is 0.0328. The van der Waals surface area contributed by atoms with Gasteiger partial charge in [0.1, 0.15) is 0 Å². The highest BCUT2D eigenvalue weighted by atomic mass is 35.5. The Bertz CT molecular complexity index is 586. The summed E-state index contributed by atoms with van der Waals surface area (Å²) in [5, 5.41) is 0.655. The molecule has 1 nitrogen and oxygen atoms in total. The van der Waals surface area contributed by atoms with E-state index in [0.29, 0.717) is 10.6 Å². The second-order valence-electron chi connectivity index (χ2n) is 4.61. The maximum Gasteiger partial charge on any atom is 0.176 e. The summed E-state index contributed by atoms with van der Waals surface area (Å²) in [5.74, 6) is 0.0328. The van der Waals surface area contributed by atoms with Gasteiger partial charge in [-0.2, -0.15) is 0 Å². The van der Waals surface area contributed by atoms with Crippen LogP contribution in [0.2, 0.25) is 5.02 Å². The van der Waals surface area contributed by atoms with Gasteiger partial charge >= 0.3 is 0 Å². The van der Waals surface area contributed by atoms with Crippen molar-refractivity contribution < 1.29 is 4.79 Å². The number of carbonyl (C=O) groups excluding carboxylic acids is 1. The average Bonchev–Trinajstić information content (AvgIpc) is 2.47. The molecule has 0 aliphatic rings. The van der Waals surface area contributed by atoms with Crippen molar-refractivity contribution in [2.75, 3.05) is 0 Å². The summed E-state index contributed by atoms with van der Waals surface area (Å²) in [5.41, 5.74) is 0.826. The lowest BCUT2D eigenvalue weighted by Crippen LogP contribution is -2.30. The van der Waals surface area contributed by atoms with E-state index >= 15 is 0 Å². The topological polar surface area (TPSA) is 17.1 Å². The summed E-state index contributed by atoms with van der Waals surface area (Å²) in [6.45, 7) is 5.70. The number of carbonyl (C=O) groups is 1. The summed E-state index contributed by atoms with van der Waals surface area (Å²) in [7, 11) is 0. The molecule has 0 saturated heterocycles. The van der Waals surface area contributed by atoms with E-state index in [-0.39, 0.29) is 5.78 Å². The first kappa shape index (κ1) is 13.6.